The van der Waals surface area contributed by atoms with Crippen molar-refractivity contribution >= 4 is 17.7 Å². The number of rotatable bonds is 6. The third-order valence-corrected chi connectivity index (χ3v) is 5.01. The average Bonchev–Trinajstić information content (AvgIpc) is 2.76. The number of hydrogen-bond donors (Lipinski definition) is 0. The highest BCUT2D eigenvalue weighted by Crippen LogP contribution is 2.38. The van der Waals surface area contributed by atoms with E-state index in [0.29, 0.717) is 5.57 Å². The van der Waals surface area contributed by atoms with E-state index < -0.39 is 11.6 Å². The van der Waals surface area contributed by atoms with Crippen LogP contribution in [0.15, 0.2) is 49.1 Å². The maximum Gasteiger partial charge on any atom is 0.327 e. The van der Waals surface area contributed by atoms with E-state index in [1.165, 1.54) is 23.1 Å². The van der Waals surface area contributed by atoms with Gasteiger partial charge in [0.15, 0.2) is 5.78 Å². The summed E-state index contributed by atoms with van der Waals surface area (Å²) in [6, 6.07) is -0.433. The number of hydrogen-bond acceptors (Lipinski definition) is 3. The van der Waals surface area contributed by atoms with Gasteiger partial charge in [0.25, 0.3) is 5.91 Å². The van der Waals surface area contributed by atoms with Gasteiger partial charge in [-0.3, -0.25) is 14.5 Å². The van der Waals surface area contributed by atoms with Crippen molar-refractivity contribution in [1.29, 1.82) is 0 Å². The topological polar surface area (TPSA) is 57.7 Å². The maximum absolute atomic E-state index is 13.0. The van der Waals surface area contributed by atoms with Gasteiger partial charge in [-0.1, -0.05) is 43.5 Å². The fourth-order valence-electron chi connectivity index (χ4n) is 3.35. The van der Waals surface area contributed by atoms with Crippen LogP contribution < -0.4 is 0 Å². The van der Waals surface area contributed by atoms with Crippen molar-refractivity contribution in [3.05, 3.63) is 49.1 Å². The Morgan fingerprint density at radius 3 is 2.67 bits per heavy atom. The summed E-state index contributed by atoms with van der Waals surface area (Å²) < 4.78 is 0. The molecule has 5 nitrogen and oxygen atoms in total. The molecule has 1 aliphatic carbocycles. The highest BCUT2D eigenvalue weighted by atomic mass is 16.2. The smallest absolute Gasteiger partial charge is 0.312 e. The predicted octanol–water partition coefficient (Wildman–Crippen LogP) is 2.86. The van der Waals surface area contributed by atoms with E-state index in [1.54, 1.807) is 14.0 Å². The van der Waals surface area contributed by atoms with Crippen molar-refractivity contribution in [2.75, 3.05) is 13.6 Å². The number of Topliss-reactive ketones (excluding diaryl/α,β-unsaturated/α-hetero) is 1. The summed E-state index contributed by atoms with van der Waals surface area (Å²) >= 11 is 0. The molecule has 5 heteroatoms. The summed E-state index contributed by atoms with van der Waals surface area (Å²) in [6.07, 6.45) is 11.3. The minimum absolute atomic E-state index is 0.0320. The Balaban J connectivity index is 2.27. The van der Waals surface area contributed by atoms with E-state index in [9.17, 15) is 14.4 Å². The summed E-state index contributed by atoms with van der Waals surface area (Å²) in [7, 11) is 1.63. The first-order chi connectivity index (χ1) is 11.4. The van der Waals surface area contributed by atoms with Crippen LogP contribution in [-0.2, 0) is 9.59 Å². The van der Waals surface area contributed by atoms with Crippen LogP contribution in [0, 0.1) is 5.92 Å². The fraction of sp³-hybridized carbons (Fsp3) is 0.421. The highest BCUT2D eigenvalue weighted by Gasteiger charge is 2.56. The number of carbonyl (C=O) groups is 3. The Morgan fingerprint density at radius 2 is 2.12 bits per heavy atom. The van der Waals surface area contributed by atoms with Crippen LogP contribution in [0.3, 0.4) is 0 Å². The van der Waals surface area contributed by atoms with Crippen molar-refractivity contribution in [1.82, 2.24) is 9.80 Å². The number of carbonyl (C=O) groups excluding carboxylic acids is 3. The summed E-state index contributed by atoms with van der Waals surface area (Å²) in [4.78, 5) is 40.4. The normalized spacial score (nSPS) is 27.6. The van der Waals surface area contributed by atoms with Crippen molar-refractivity contribution in [3.8, 4) is 0 Å². The molecule has 0 spiro atoms. The molecule has 0 aromatic rings. The first-order valence-electron chi connectivity index (χ1n) is 8.12. The fourth-order valence-corrected chi connectivity index (χ4v) is 3.35. The zero-order valence-electron chi connectivity index (χ0n) is 14.3. The lowest BCUT2D eigenvalue weighted by Crippen LogP contribution is -2.51. The molecule has 2 unspecified atom stereocenters. The van der Waals surface area contributed by atoms with Crippen LogP contribution in [0.25, 0.3) is 0 Å². The van der Waals surface area contributed by atoms with Crippen LogP contribution >= 0.6 is 0 Å². The number of nitrogens with zero attached hydrogens (tertiary/aromatic N) is 2. The molecule has 2 aliphatic rings. The molecule has 0 bridgehead atoms. The van der Waals surface area contributed by atoms with E-state index in [0.717, 1.165) is 24.2 Å². The van der Waals surface area contributed by atoms with Gasteiger partial charge in [-0.15, -0.1) is 0 Å². The largest absolute Gasteiger partial charge is 0.327 e. The molecule has 0 aromatic heterocycles. The first kappa shape index (κ1) is 17.9. The Kier molecular flexibility index (Phi) is 5.22. The van der Waals surface area contributed by atoms with Crippen LogP contribution in [-0.4, -0.2) is 46.7 Å². The van der Waals surface area contributed by atoms with E-state index >= 15 is 0 Å². The molecule has 1 fully saturated rings. The van der Waals surface area contributed by atoms with Gasteiger partial charge < -0.3 is 4.90 Å². The SMILES string of the molecule is C=C/C=C(\C=C)C(=O)CN1C(=O)N(C)C(C)(C2C=CCCC2)C1=O. The van der Waals surface area contributed by atoms with Gasteiger partial charge in [0, 0.05) is 18.5 Å². The van der Waals surface area contributed by atoms with Crippen molar-refractivity contribution < 1.29 is 14.4 Å². The summed E-state index contributed by atoms with van der Waals surface area (Å²) in [5.41, 5.74) is -0.607. The Morgan fingerprint density at radius 1 is 1.42 bits per heavy atom. The summed E-state index contributed by atoms with van der Waals surface area (Å²) in [5, 5.41) is 0. The molecule has 1 saturated heterocycles. The molecule has 3 amide bonds. The van der Waals surface area contributed by atoms with E-state index in [-0.39, 0.29) is 24.2 Å². The molecule has 24 heavy (non-hydrogen) atoms. The van der Waals surface area contributed by atoms with Gasteiger partial charge in [-0.2, -0.15) is 0 Å². The Bertz CT molecular complexity index is 647. The molecular weight excluding hydrogens is 304 g/mol. The van der Waals surface area contributed by atoms with Gasteiger partial charge in [-0.25, -0.2) is 4.79 Å². The van der Waals surface area contributed by atoms with Gasteiger partial charge in [0.05, 0.1) is 6.54 Å². The van der Waals surface area contributed by atoms with Gasteiger partial charge in [0.2, 0.25) is 0 Å². The van der Waals surface area contributed by atoms with E-state index in [4.69, 9.17) is 0 Å². The van der Waals surface area contributed by atoms with Crippen LogP contribution in [0.4, 0.5) is 4.79 Å². The molecule has 0 N–H and O–H groups in total. The maximum atomic E-state index is 13.0. The third kappa shape index (κ3) is 2.86. The summed E-state index contributed by atoms with van der Waals surface area (Å²) in [6.45, 7) is 8.64. The summed E-state index contributed by atoms with van der Waals surface area (Å²) in [5.74, 6) is -0.680. The van der Waals surface area contributed by atoms with Gasteiger partial charge >= 0.3 is 6.03 Å². The van der Waals surface area contributed by atoms with Crippen LogP contribution in [0.1, 0.15) is 26.2 Å². The molecule has 1 aliphatic heterocycles. The molecule has 0 aromatic carbocycles. The standard InChI is InChI=1S/C19H24N2O3/c1-5-10-14(6-2)16(22)13-21-17(23)19(3,20(4)18(21)24)15-11-8-7-9-12-15/h5-6,8,10-11,15H,1-2,7,9,12-13H2,3-4H3/b14-10+. The highest BCUT2D eigenvalue weighted by molar-refractivity contribution is 6.11. The number of likely N-dealkylation sites (N-methyl/N-ethyl adjacent to an activating group) is 1. The minimum Gasteiger partial charge on any atom is -0.312 e. The second-order valence-electron chi connectivity index (χ2n) is 6.33. The third-order valence-electron chi connectivity index (χ3n) is 5.01. The Labute approximate surface area is 143 Å². The second-order valence-corrected chi connectivity index (χ2v) is 6.33. The van der Waals surface area contributed by atoms with Crippen LogP contribution in [0.2, 0.25) is 0 Å². The Hall–Kier alpha value is -2.43. The molecule has 2 atom stereocenters. The monoisotopic (exact) mass is 328 g/mol. The zero-order valence-corrected chi connectivity index (χ0v) is 14.3. The molecule has 128 valence electrons. The van der Waals surface area contributed by atoms with Gasteiger partial charge in [-0.05, 0) is 26.2 Å². The molecular formula is C19H24N2O3. The van der Waals surface area contributed by atoms with E-state index in [1.807, 2.05) is 6.08 Å². The quantitative estimate of drug-likeness (QED) is 0.326. The van der Waals surface area contributed by atoms with Gasteiger partial charge in [0.1, 0.15) is 5.54 Å². The number of allylic oxidation sites excluding steroid dienone is 4. The zero-order chi connectivity index (χ0) is 17.9. The first-order valence-corrected chi connectivity index (χ1v) is 8.12. The minimum atomic E-state index is -0.940. The predicted molar refractivity (Wildman–Crippen MR) is 93.2 cm³/mol. The lowest BCUT2D eigenvalue weighted by molar-refractivity contribution is -0.136. The van der Waals surface area contributed by atoms with Crippen LogP contribution in [0.5, 0.6) is 0 Å². The van der Waals surface area contributed by atoms with Crippen molar-refractivity contribution in [2.45, 2.75) is 31.7 Å². The molecule has 2 rings (SSSR count). The number of imide groups is 1. The van der Waals surface area contributed by atoms with Crippen molar-refractivity contribution in [2.24, 2.45) is 5.92 Å². The molecule has 1 heterocycles. The van der Waals surface area contributed by atoms with Crippen molar-refractivity contribution in [3.63, 3.8) is 0 Å². The lowest BCUT2D eigenvalue weighted by atomic mass is 9.78. The lowest BCUT2D eigenvalue weighted by Gasteiger charge is -2.36. The van der Waals surface area contributed by atoms with E-state index in [2.05, 4.69) is 19.2 Å². The average molecular weight is 328 g/mol. The molecule has 0 radical (unpaired) electrons. The second kappa shape index (κ2) is 6.99. The number of ketones is 1. The number of urea groups is 1. The molecule has 0 saturated carbocycles. The number of amides is 3.